The fourth-order valence-electron chi connectivity index (χ4n) is 2.61. The highest BCUT2D eigenvalue weighted by Gasteiger charge is 2.42. The fraction of sp³-hybridized carbons (Fsp3) is 0.400. The molecule has 2 rings (SSSR count). The Hall–Kier alpha value is -1.79. The van der Waals surface area contributed by atoms with Gasteiger partial charge in [0.25, 0.3) is 0 Å². The van der Waals surface area contributed by atoms with Gasteiger partial charge in [0, 0.05) is 13.1 Å². The van der Waals surface area contributed by atoms with Crippen molar-refractivity contribution >= 4 is 5.97 Å². The molecule has 18 heavy (non-hydrogen) atoms. The predicted octanol–water partition coefficient (Wildman–Crippen LogP) is 1.74. The van der Waals surface area contributed by atoms with Gasteiger partial charge in [-0.1, -0.05) is 36.3 Å². The summed E-state index contributed by atoms with van der Waals surface area (Å²) in [6, 6.07) is 9.52. The van der Waals surface area contributed by atoms with Crippen molar-refractivity contribution in [1.82, 2.24) is 4.90 Å². The molecule has 0 spiro atoms. The van der Waals surface area contributed by atoms with Crippen molar-refractivity contribution in [1.29, 1.82) is 0 Å². The minimum absolute atomic E-state index is 0.602. The zero-order valence-electron chi connectivity index (χ0n) is 10.3. The van der Waals surface area contributed by atoms with Gasteiger partial charge in [-0.15, -0.1) is 6.42 Å². The van der Waals surface area contributed by atoms with Gasteiger partial charge in [0.15, 0.2) is 0 Å². The molecule has 1 heterocycles. The second-order valence-electron chi connectivity index (χ2n) is 4.73. The number of carboxylic acids is 1. The molecule has 0 atom stereocenters. The molecular formula is C15H17NO2. The minimum Gasteiger partial charge on any atom is -0.481 e. The maximum Gasteiger partial charge on any atom is 0.314 e. The number of benzene rings is 1. The summed E-state index contributed by atoms with van der Waals surface area (Å²) in [5.74, 6) is 1.88. The number of terminal acetylenes is 1. The molecule has 0 saturated carbocycles. The Morgan fingerprint density at radius 2 is 1.94 bits per heavy atom. The number of rotatable bonds is 3. The van der Waals surface area contributed by atoms with E-state index in [4.69, 9.17) is 6.42 Å². The lowest BCUT2D eigenvalue weighted by atomic mass is 9.73. The van der Waals surface area contributed by atoms with E-state index < -0.39 is 11.4 Å². The van der Waals surface area contributed by atoms with Crippen LogP contribution in [0.2, 0.25) is 0 Å². The van der Waals surface area contributed by atoms with E-state index in [-0.39, 0.29) is 0 Å². The molecule has 1 N–H and O–H groups in total. The van der Waals surface area contributed by atoms with Gasteiger partial charge in [-0.25, -0.2) is 0 Å². The van der Waals surface area contributed by atoms with Crippen LogP contribution in [0.1, 0.15) is 18.4 Å². The van der Waals surface area contributed by atoms with Crippen LogP contribution in [0.15, 0.2) is 30.3 Å². The van der Waals surface area contributed by atoms with Gasteiger partial charge in [-0.3, -0.25) is 9.69 Å². The summed E-state index contributed by atoms with van der Waals surface area (Å²) in [5, 5.41) is 9.60. The summed E-state index contributed by atoms with van der Waals surface area (Å²) in [5.41, 5.74) is 0.157. The minimum atomic E-state index is -0.744. The van der Waals surface area contributed by atoms with Crippen molar-refractivity contribution < 1.29 is 9.90 Å². The predicted molar refractivity (Wildman–Crippen MR) is 70.3 cm³/mol. The molecule has 1 saturated heterocycles. The van der Waals surface area contributed by atoms with E-state index in [0.29, 0.717) is 19.4 Å². The van der Waals surface area contributed by atoms with E-state index >= 15 is 0 Å². The summed E-state index contributed by atoms with van der Waals surface area (Å²) in [4.78, 5) is 13.8. The molecule has 94 valence electrons. The molecule has 0 aromatic heterocycles. The van der Waals surface area contributed by atoms with E-state index in [1.54, 1.807) is 0 Å². The average Bonchev–Trinajstić information content (AvgIpc) is 2.41. The first-order chi connectivity index (χ1) is 8.69. The standard InChI is InChI=1S/C15H17NO2/c1-2-10-16-11-8-15(9-12-16,14(17)18)13-6-4-3-5-7-13/h1,3-7H,8-12H2,(H,17,18). The van der Waals surface area contributed by atoms with Crippen molar-refractivity contribution in [3.63, 3.8) is 0 Å². The molecule has 3 nitrogen and oxygen atoms in total. The van der Waals surface area contributed by atoms with E-state index in [1.807, 2.05) is 30.3 Å². The van der Waals surface area contributed by atoms with E-state index in [0.717, 1.165) is 18.7 Å². The lowest BCUT2D eigenvalue weighted by Gasteiger charge is -2.38. The number of hydrogen-bond donors (Lipinski definition) is 1. The zero-order valence-corrected chi connectivity index (χ0v) is 10.3. The quantitative estimate of drug-likeness (QED) is 0.822. The molecule has 1 aliphatic rings. The van der Waals surface area contributed by atoms with Gasteiger partial charge in [-0.05, 0) is 18.4 Å². The molecule has 1 fully saturated rings. The fourth-order valence-corrected chi connectivity index (χ4v) is 2.61. The van der Waals surface area contributed by atoms with Crippen molar-refractivity contribution in [2.45, 2.75) is 18.3 Å². The average molecular weight is 243 g/mol. The number of hydrogen-bond acceptors (Lipinski definition) is 2. The summed E-state index contributed by atoms with van der Waals surface area (Å²) < 4.78 is 0. The monoisotopic (exact) mass is 243 g/mol. The normalized spacial score (nSPS) is 19.1. The summed E-state index contributed by atoms with van der Waals surface area (Å²) in [6.07, 6.45) is 6.53. The highest BCUT2D eigenvalue weighted by molar-refractivity contribution is 5.81. The van der Waals surface area contributed by atoms with Crippen LogP contribution in [0.4, 0.5) is 0 Å². The van der Waals surface area contributed by atoms with Crippen molar-refractivity contribution in [3.8, 4) is 12.3 Å². The van der Waals surface area contributed by atoms with Gasteiger partial charge in [0.2, 0.25) is 0 Å². The van der Waals surface area contributed by atoms with Crippen LogP contribution in [0.3, 0.4) is 0 Å². The summed E-state index contributed by atoms with van der Waals surface area (Å²) in [7, 11) is 0. The van der Waals surface area contributed by atoms with Crippen molar-refractivity contribution in [3.05, 3.63) is 35.9 Å². The van der Waals surface area contributed by atoms with Gasteiger partial charge >= 0.3 is 5.97 Å². The lowest BCUT2D eigenvalue weighted by molar-refractivity contribution is -0.145. The number of aliphatic carboxylic acids is 1. The maximum atomic E-state index is 11.7. The zero-order chi connectivity index (χ0) is 13.0. The number of carboxylic acid groups (broad SMARTS) is 1. The largest absolute Gasteiger partial charge is 0.481 e. The third-order valence-corrected chi connectivity index (χ3v) is 3.76. The summed E-state index contributed by atoms with van der Waals surface area (Å²) >= 11 is 0. The number of carbonyl (C=O) groups is 1. The maximum absolute atomic E-state index is 11.7. The molecule has 0 aliphatic carbocycles. The Labute approximate surface area is 107 Å². The van der Waals surface area contributed by atoms with Crippen LogP contribution >= 0.6 is 0 Å². The van der Waals surface area contributed by atoms with Crippen molar-refractivity contribution in [2.75, 3.05) is 19.6 Å². The third kappa shape index (κ3) is 2.25. The first-order valence-corrected chi connectivity index (χ1v) is 6.14. The lowest BCUT2D eigenvalue weighted by Crippen LogP contribution is -2.47. The van der Waals surface area contributed by atoms with Crippen molar-refractivity contribution in [2.24, 2.45) is 0 Å². The van der Waals surface area contributed by atoms with E-state index in [9.17, 15) is 9.90 Å². The summed E-state index contributed by atoms with van der Waals surface area (Å²) in [6.45, 7) is 2.08. The molecule has 0 radical (unpaired) electrons. The van der Waals surface area contributed by atoms with Crippen LogP contribution in [-0.4, -0.2) is 35.6 Å². The molecule has 1 aliphatic heterocycles. The van der Waals surface area contributed by atoms with Crippen LogP contribution in [-0.2, 0) is 10.2 Å². The van der Waals surface area contributed by atoms with Gasteiger partial charge in [-0.2, -0.15) is 0 Å². The molecule has 0 unspecified atom stereocenters. The Balaban J connectivity index is 2.22. The second-order valence-corrected chi connectivity index (χ2v) is 4.73. The third-order valence-electron chi connectivity index (χ3n) is 3.76. The van der Waals surface area contributed by atoms with Crippen LogP contribution in [0.5, 0.6) is 0 Å². The number of likely N-dealkylation sites (tertiary alicyclic amines) is 1. The molecule has 0 amide bonds. The van der Waals surface area contributed by atoms with E-state index in [2.05, 4.69) is 10.8 Å². The Kier molecular flexibility index (Phi) is 3.69. The smallest absolute Gasteiger partial charge is 0.314 e. The van der Waals surface area contributed by atoms with Crippen LogP contribution in [0, 0.1) is 12.3 Å². The highest BCUT2D eigenvalue weighted by Crippen LogP contribution is 2.35. The number of nitrogens with zero attached hydrogens (tertiary/aromatic N) is 1. The number of piperidine rings is 1. The van der Waals surface area contributed by atoms with Gasteiger partial charge in [0.05, 0.1) is 12.0 Å². The Morgan fingerprint density at radius 3 is 2.44 bits per heavy atom. The molecule has 1 aromatic rings. The first-order valence-electron chi connectivity index (χ1n) is 6.14. The Morgan fingerprint density at radius 1 is 1.33 bits per heavy atom. The molecule has 0 bridgehead atoms. The van der Waals surface area contributed by atoms with Crippen LogP contribution < -0.4 is 0 Å². The molecule has 3 heteroatoms. The first kappa shape index (κ1) is 12.7. The highest BCUT2D eigenvalue weighted by atomic mass is 16.4. The Bertz CT molecular complexity index is 453. The van der Waals surface area contributed by atoms with Crippen LogP contribution in [0.25, 0.3) is 0 Å². The second kappa shape index (κ2) is 5.24. The van der Waals surface area contributed by atoms with Gasteiger partial charge < -0.3 is 5.11 Å². The molecular weight excluding hydrogens is 226 g/mol. The molecule has 1 aromatic carbocycles. The topological polar surface area (TPSA) is 40.5 Å². The van der Waals surface area contributed by atoms with E-state index in [1.165, 1.54) is 0 Å². The van der Waals surface area contributed by atoms with Gasteiger partial charge in [0.1, 0.15) is 0 Å². The SMILES string of the molecule is C#CCN1CCC(C(=O)O)(c2ccccc2)CC1.